The summed E-state index contributed by atoms with van der Waals surface area (Å²) in [7, 11) is 0. The van der Waals surface area contributed by atoms with Crippen LogP contribution in [0.5, 0.6) is 11.5 Å². The Morgan fingerprint density at radius 2 is 1.30 bits per heavy atom. The summed E-state index contributed by atoms with van der Waals surface area (Å²) in [5.41, 5.74) is 11.9. The molecule has 0 saturated carbocycles. The van der Waals surface area contributed by atoms with E-state index in [9.17, 15) is 0 Å². The minimum atomic E-state index is 0.194. The quantitative estimate of drug-likeness (QED) is 0.179. The van der Waals surface area contributed by atoms with E-state index in [2.05, 4.69) is 172 Å². The van der Waals surface area contributed by atoms with E-state index >= 15 is 0 Å². The molecule has 1 aliphatic heterocycles. The third-order valence-corrected chi connectivity index (χ3v) is 11.3. The average molecular weight is 696 g/mol. The topological polar surface area (TPSA) is 20.6 Å². The van der Waals surface area contributed by atoms with Crippen LogP contribution in [0.4, 0.5) is 28.4 Å². The van der Waals surface area contributed by atoms with Crippen molar-refractivity contribution < 1.29 is 4.74 Å². The predicted octanol–water partition coefficient (Wildman–Crippen LogP) is 13.5. The van der Waals surface area contributed by atoms with Crippen molar-refractivity contribution in [2.45, 2.75) is 25.3 Å². The molecule has 2 aliphatic carbocycles. The fourth-order valence-electron chi connectivity index (χ4n) is 8.89. The van der Waals surface area contributed by atoms with Gasteiger partial charge in [0.1, 0.15) is 0 Å². The Morgan fingerprint density at radius 3 is 2.09 bits per heavy atom. The number of fused-ring (bicyclic) bond motifs is 8. The van der Waals surface area contributed by atoms with Crippen LogP contribution < -0.4 is 14.5 Å². The van der Waals surface area contributed by atoms with Crippen molar-refractivity contribution in [1.82, 2.24) is 4.57 Å². The highest BCUT2D eigenvalue weighted by Crippen LogP contribution is 2.50. The highest BCUT2D eigenvalue weighted by atomic mass is 16.5. The van der Waals surface area contributed by atoms with Crippen molar-refractivity contribution in [3.05, 3.63) is 187 Å². The third-order valence-electron chi connectivity index (χ3n) is 11.3. The van der Waals surface area contributed by atoms with Gasteiger partial charge in [0, 0.05) is 33.5 Å². The van der Waals surface area contributed by atoms with Gasteiger partial charge in [-0.2, -0.15) is 0 Å². The molecule has 11 rings (SSSR count). The monoisotopic (exact) mass is 695 g/mol. The zero-order valence-corrected chi connectivity index (χ0v) is 29.8. The summed E-state index contributed by atoms with van der Waals surface area (Å²) >= 11 is 0. The minimum absolute atomic E-state index is 0.194. The van der Waals surface area contributed by atoms with E-state index in [1.807, 2.05) is 24.3 Å². The predicted molar refractivity (Wildman–Crippen MR) is 226 cm³/mol. The molecule has 7 aromatic carbocycles. The van der Waals surface area contributed by atoms with Crippen LogP contribution in [-0.4, -0.2) is 10.6 Å². The van der Waals surface area contributed by atoms with E-state index < -0.39 is 0 Å². The smallest absolute Gasteiger partial charge is 0.151 e. The number of benzene rings is 7. The van der Waals surface area contributed by atoms with Crippen molar-refractivity contribution in [3.8, 4) is 17.2 Å². The van der Waals surface area contributed by atoms with Gasteiger partial charge in [-0.1, -0.05) is 109 Å². The van der Waals surface area contributed by atoms with Crippen LogP contribution in [0.25, 0.3) is 44.3 Å². The van der Waals surface area contributed by atoms with Crippen molar-refractivity contribution in [2.24, 2.45) is 0 Å². The number of hydrogen-bond acceptors (Lipinski definition) is 3. The molecule has 0 N–H and O–H groups in total. The first-order valence-corrected chi connectivity index (χ1v) is 18.9. The maximum absolute atomic E-state index is 6.31. The number of anilines is 5. The van der Waals surface area contributed by atoms with Crippen LogP contribution in [0.1, 0.15) is 24.0 Å². The maximum Gasteiger partial charge on any atom is 0.151 e. The Bertz CT molecular complexity index is 2810. The molecule has 1 aromatic heterocycles. The molecule has 0 fully saturated rings. The first-order chi connectivity index (χ1) is 26.8. The van der Waals surface area contributed by atoms with E-state index in [1.165, 1.54) is 55.1 Å². The second-order valence-electron chi connectivity index (χ2n) is 14.4. The summed E-state index contributed by atoms with van der Waals surface area (Å²) in [5, 5.41) is 5.10. The average Bonchev–Trinajstić information content (AvgIpc) is 3.57. The summed E-state index contributed by atoms with van der Waals surface area (Å²) in [6.45, 7) is 0. The number of para-hydroxylation sites is 5. The van der Waals surface area contributed by atoms with E-state index in [-0.39, 0.29) is 6.04 Å². The van der Waals surface area contributed by atoms with Gasteiger partial charge < -0.3 is 19.1 Å². The number of nitrogens with zero attached hydrogens (tertiary/aromatic N) is 3. The molecule has 0 saturated heterocycles. The number of rotatable bonds is 5. The lowest BCUT2D eigenvalue weighted by atomic mass is 9.89. The molecule has 3 aliphatic rings. The standard InChI is InChI=1S/C50H37N3O/c1-2-15-35(16-3-1)51(47-32-34-14-4-5-17-39(34)40-18-6-7-19-41(40)47)38-30-31-43-42-20-8-9-21-44(42)52(48(43)33-38)36-26-28-37(29-27-36)53-45-22-10-12-24-49(45)54-50-25-13-11-23-46(50)53/h1-6,8-15,17-18,20-33,35H,7,16,19H2. The largest absolute Gasteiger partial charge is 0.453 e. The molecule has 0 bridgehead atoms. The second-order valence-corrected chi connectivity index (χ2v) is 14.4. The summed E-state index contributed by atoms with van der Waals surface area (Å²) < 4.78 is 8.74. The van der Waals surface area contributed by atoms with Crippen molar-refractivity contribution in [1.29, 1.82) is 0 Å². The molecule has 0 amide bonds. The summed E-state index contributed by atoms with van der Waals surface area (Å²) in [4.78, 5) is 4.90. The Hall–Kier alpha value is -6.78. The first-order valence-electron chi connectivity index (χ1n) is 18.9. The van der Waals surface area contributed by atoms with Gasteiger partial charge in [-0.25, -0.2) is 0 Å². The van der Waals surface area contributed by atoms with Gasteiger partial charge in [0.15, 0.2) is 11.5 Å². The summed E-state index contributed by atoms with van der Waals surface area (Å²) in [5.74, 6) is 1.71. The van der Waals surface area contributed by atoms with Gasteiger partial charge >= 0.3 is 0 Å². The molecule has 1 atom stereocenters. The molecular formula is C50H37N3O. The fourth-order valence-corrected chi connectivity index (χ4v) is 8.89. The lowest BCUT2D eigenvalue weighted by Gasteiger charge is -2.35. The van der Waals surface area contributed by atoms with Crippen molar-refractivity contribution in [3.63, 3.8) is 0 Å². The van der Waals surface area contributed by atoms with Crippen LogP contribution >= 0.6 is 0 Å². The fraction of sp³-hybridized carbons (Fsp3) is 0.0800. The number of allylic oxidation sites excluding steroid dienone is 3. The SMILES string of the molecule is C1=CCC(N(c2ccc3c4ccccc4n(-c4ccc(N5c6ccccc6Oc6ccccc65)cc4)c3c2)c2cc3ccccc3c3c2CCC=C3)C=C1. The lowest BCUT2D eigenvalue weighted by Crippen LogP contribution is -2.31. The zero-order valence-electron chi connectivity index (χ0n) is 29.8. The molecule has 1 unspecified atom stereocenters. The highest BCUT2D eigenvalue weighted by Gasteiger charge is 2.27. The summed E-state index contributed by atoms with van der Waals surface area (Å²) in [6.07, 6.45) is 16.7. The molecule has 0 spiro atoms. The minimum Gasteiger partial charge on any atom is -0.453 e. The van der Waals surface area contributed by atoms with Crippen LogP contribution in [0.15, 0.2) is 176 Å². The van der Waals surface area contributed by atoms with Crippen LogP contribution in [0, 0.1) is 0 Å². The highest BCUT2D eigenvalue weighted by molar-refractivity contribution is 6.10. The van der Waals surface area contributed by atoms with E-state index in [1.54, 1.807) is 0 Å². The number of aromatic nitrogens is 1. The maximum atomic E-state index is 6.31. The molecule has 54 heavy (non-hydrogen) atoms. The van der Waals surface area contributed by atoms with Crippen LogP contribution in [0.3, 0.4) is 0 Å². The molecule has 0 radical (unpaired) electrons. The van der Waals surface area contributed by atoms with E-state index in [4.69, 9.17) is 4.74 Å². The zero-order chi connectivity index (χ0) is 35.6. The molecule has 258 valence electrons. The van der Waals surface area contributed by atoms with Gasteiger partial charge in [0.2, 0.25) is 0 Å². The van der Waals surface area contributed by atoms with Gasteiger partial charge in [-0.3, -0.25) is 0 Å². The van der Waals surface area contributed by atoms with Crippen LogP contribution in [0.2, 0.25) is 0 Å². The van der Waals surface area contributed by atoms with Gasteiger partial charge in [0.05, 0.1) is 28.5 Å². The third kappa shape index (κ3) is 4.84. The van der Waals surface area contributed by atoms with Crippen molar-refractivity contribution in [2.75, 3.05) is 9.80 Å². The van der Waals surface area contributed by atoms with Crippen molar-refractivity contribution >= 4 is 67.1 Å². The molecule has 4 heteroatoms. The first kappa shape index (κ1) is 30.8. The molecule has 8 aromatic rings. The van der Waals surface area contributed by atoms with Gasteiger partial charge in [-0.15, -0.1) is 0 Å². The Labute approximate surface area is 314 Å². The van der Waals surface area contributed by atoms with Gasteiger partial charge in [0.25, 0.3) is 0 Å². The normalized spacial score (nSPS) is 15.6. The summed E-state index contributed by atoms with van der Waals surface area (Å²) in [6, 6.07) is 52.9. The number of hydrogen-bond donors (Lipinski definition) is 0. The Kier molecular flexibility index (Phi) is 7.09. The van der Waals surface area contributed by atoms with Gasteiger partial charge in [-0.05, 0) is 114 Å². The molecule has 4 nitrogen and oxygen atoms in total. The molecule has 2 heterocycles. The lowest BCUT2D eigenvalue weighted by molar-refractivity contribution is 0.477. The molecular weight excluding hydrogens is 659 g/mol. The van der Waals surface area contributed by atoms with Crippen LogP contribution in [-0.2, 0) is 6.42 Å². The number of ether oxygens (including phenoxy) is 1. The van der Waals surface area contributed by atoms with E-state index in [0.717, 1.165) is 53.5 Å². The van der Waals surface area contributed by atoms with E-state index in [0.29, 0.717) is 0 Å². The Morgan fingerprint density at radius 1 is 0.593 bits per heavy atom. The Balaban J connectivity index is 1.09. The second kappa shape index (κ2) is 12.4.